The summed E-state index contributed by atoms with van der Waals surface area (Å²) in [6, 6.07) is 10.7. The first-order valence-corrected chi connectivity index (χ1v) is 10.6. The smallest absolute Gasteiger partial charge is 0.248 e. The van der Waals surface area contributed by atoms with Crippen LogP contribution < -0.4 is 10.6 Å². The van der Waals surface area contributed by atoms with E-state index >= 15 is 0 Å². The molecule has 2 rings (SSSR count). The van der Waals surface area contributed by atoms with Crippen LogP contribution >= 0.6 is 0 Å². The Labute approximate surface area is 174 Å². The minimum Gasteiger partial charge on any atom is -0.371 e. The van der Waals surface area contributed by atoms with Crippen LogP contribution in [0.5, 0.6) is 0 Å². The van der Waals surface area contributed by atoms with Crippen molar-refractivity contribution in [3.05, 3.63) is 47.6 Å². The molecular formula is C22H35N5O2. The van der Waals surface area contributed by atoms with E-state index in [-0.39, 0.29) is 11.5 Å². The van der Waals surface area contributed by atoms with Gasteiger partial charge < -0.3 is 19.9 Å². The molecule has 0 saturated heterocycles. The number of nitrogens with zero attached hydrogens (tertiary/aromatic N) is 3. The fraction of sp³-hybridized carbons (Fsp3) is 0.591. The molecule has 2 aromatic rings. The van der Waals surface area contributed by atoms with Crippen molar-refractivity contribution >= 4 is 5.96 Å². The molecule has 1 aromatic carbocycles. The maximum atomic E-state index is 5.50. The second-order valence-corrected chi connectivity index (χ2v) is 7.05. The number of benzene rings is 1. The highest BCUT2D eigenvalue weighted by Gasteiger charge is 2.28. The van der Waals surface area contributed by atoms with Gasteiger partial charge in [-0.05, 0) is 39.2 Å². The number of hydrogen-bond donors (Lipinski definition) is 2. The summed E-state index contributed by atoms with van der Waals surface area (Å²) < 4.78 is 10.8. The van der Waals surface area contributed by atoms with Crippen molar-refractivity contribution < 1.29 is 9.26 Å². The van der Waals surface area contributed by atoms with Crippen LogP contribution in [0.15, 0.2) is 39.8 Å². The molecule has 29 heavy (non-hydrogen) atoms. The van der Waals surface area contributed by atoms with Gasteiger partial charge in [0.1, 0.15) is 12.6 Å². The van der Waals surface area contributed by atoms with E-state index in [1.165, 1.54) is 5.56 Å². The van der Waals surface area contributed by atoms with Crippen LogP contribution in [0.3, 0.4) is 0 Å². The summed E-state index contributed by atoms with van der Waals surface area (Å²) in [5.41, 5.74) is 1.40. The van der Waals surface area contributed by atoms with E-state index in [9.17, 15) is 0 Å². The van der Waals surface area contributed by atoms with E-state index in [0.29, 0.717) is 24.9 Å². The summed E-state index contributed by atoms with van der Waals surface area (Å²) in [6.07, 6.45) is 1.90. The molecule has 1 heterocycles. The van der Waals surface area contributed by atoms with Gasteiger partial charge in [-0.15, -0.1) is 0 Å². The molecule has 7 heteroatoms. The normalized spacial score (nSPS) is 13.3. The molecule has 1 atom stereocenters. The van der Waals surface area contributed by atoms with E-state index in [4.69, 9.17) is 9.26 Å². The Balaban J connectivity index is 2.07. The van der Waals surface area contributed by atoms with E-state index in [1.807, 2.05) is 13.8 Å². The topological polar surface area (TPSA) is 84.6 Å². The molecule has 1 aromatic heterocycles. The van der Waals surface area contributed by atoms with Gasteiger partial charge in [0, 0.05) is 25.1 Å². The van der Waals surface area contributed by atoms with Gasteiger partial charge in [-0.25, -0.2) is 4.99 Å². The SMILES string of the molecule is CCNC(=NCc1nc(C(C)OCC)no1)NCC(CC)(CC)c1ccccc1. The Bertz CT molecular complexity index is 741. The monoisotopic (exact) mass is 401 g/mol. The Morgan fingerprint density at radius 1 is 1.14 bits per heavy atom. The third-order valence-corrected chi connectivity index (χ3v) is 5.31. The van der Waals surface area contributed by atoms with Crippen molar-refractivity contribution in [1.29, 1.82) is 0 Å². The van der Waals surface area contributed by atoms with Crippen molar-refractivity contribution in [2.75, 3.05) is 19.7 Å². The molecule has 0 aliphatic carbocycles. The predicted molar refractivity (Wildman–Crippen MR) is 116 cm³/mol. The molecule has 0 amide bonds. The van der Waals surface area contributed by atoms with Crippen LogP contribution in [0, 0.1) is 0 Å². The van der Waals surface area contributed by atoms with Crippen LogP contribution in [-0.2, 0) is 16.7 Å². The molecule has 0 bridgehead atoms. The molecular weight excluding hydrogens is 366 g/mol. The third kappa shape index (κ3) is 6.29. The molecule has 0 radical (unpaired) electrons. The van der Waals surface area contributed by atoms with E-state index in [1.54, 1.807) is 0 Å². The van der Waals surface area contributed by atoms with Gasteiger partial charge in [0.2, 0.25) is 5.89 Å². The van der Waals surface area contributed by atoms with Gasteiger partial charge in [-0.1, -0.05) is 49.3 Å². The van der Waals surface area contributed by atoms with Crippen molar-refractivity contribution in [3.8, 4) is 0 Å². The van der Waals surface area contributed by atoms with Crippen molar-refractivity contribution in [3.63, 3.8) is 0 Å². The fourth-order valence-corrected chi connectivity index (χ4v) is 3.37. The van der Waals surface area contributed by atoms with Crippen molar-refractivity contribution in [2.45, 2.75) is 65.5 Å². The first-order chi connectivity index (χ1) is 14.1. The van der Waals surface area contributed by atoms with Gasteiger partial charge in [0.15, 0.2) is 11.8 Å². The quantitative estimate of drug-likeness (QED) is 0.438. The summed E-state index contributed by atoms with van der Waals surface area (Å²) in [5.74, 6) is 1.77. The molecule has 0 saturated carbocycles. The number of hydrogen-bond acceptors (Lipinski definition) is 5. The lowest BCUT2D eigenvalue weighted by Gasteiger charge is -2.33. The van der Waals surface area contributed by atoms with Crippen LogP contribution in [0.25, 0.3) is 0 Å². The standard InChI is InChI=1S/C22H35N5O2/c1-6-22(7-2,18-13-11-10-12-14-18)16-25-21(23-8-3)24-15-19-26-20(27-29-19)17(5)28-9-4/h10-14,17H,6-9,15-16H2,1-5H3,(H2,23,24,25). The Kier molecular flexibility index (Phi) is 9.12. The van der Waals surface area contributed by atoms with Gasteiger partial charge in [0.25, 0.3) is 0 Å². The van der Waals surface area contributed by atoms with Crippen LogP contribution in [0.1, 0.15) is 70.8 Å². The molecule has 0 spiro atoms. The average molecular weight is 402 g/mol. The second kappa shape index (κ2) is 11.6. The second-order valence-electron chi connectivity index (χ2n) is 7.05. The number of aliphatic imine (C=N–C) groups is 1. The Hall–Kier alpha value is -2.41. The predicted octanol–water partition coefficient (Wildman–Crippen LogP) is 3.98. The summed E-state index contributed by atoms with van der Waals surface area (Å²) in [5, 5.41) is 10.8. The van der Waals surface area contributed by atoms with E-state index < -0.39 is 0 Å². The molecule has 160 valence electrons. The third-order valence-electron chi connectivity index (χ3n) is 5.31. The zero-order chi connectivity index (χ0) is 21.1. The summed E-state index contributed by atoms with van der Waals surface area (Å²) in [4.78, 5) is 9.01. The van der Waals surface area contributed by atoms with Crippen LogP contribution in [0.4, 0.5) is 0 Å². The maximum Gasteiger partial charge on any atom is 0.248 e. The molecule has 0 aliphatic heterocycles. The van der Waals surface area contributed by atoms with Gasteiger partial charge in [-0.2, -0.15) is 4.98 Å². The number of ether oxygens (including phenoxy) is 1. The fourth-order valence-electron chi connectivity index (χ4n) is 3.37. The Morgan fingerprint density at radius 2 is 1.86 bits per heavy atom. The number of aromatic nitrogens is 2. The highest BCUT2D eigenvalue weighted by atomic mass is 16.5. The van der Waals surface area contributed by atoms with Gasteiger partial charge in [0.05, 0.1) is 0 Å². The lowest BCUT2D eigenvalue weighted by molar-refractivity contribution is 0.0683. The summed E-state index contributed by atoms with van der Waals surface area (Å²) in [7, 11) is 0. The van der Waals surface area contributed by atoms with Crippen LogP contribution in [0.2, 0.25) is 0 Å². The van der Waals surface area contributed by atoms with Crippen molar-refractivity contribution in [2.24, 2.45) is 4.99 Å². The molecule has 7 nitrogen and oxygen atoms in total. The minimum absolute atomic E-state index is 0.0576. The number of rotatable bonds is 11. The molecule has 0 fully saturated rings. The minimum atomic E-state index is -0.187. The van der Waals surface area contributed by atoms with Crippen LogP contribution in [-0.4, -0.2) is 35.8 Å². The summed E-state index contributed by atoms with van der Waals surface area (Å²) in [6.45, 7) is 12.9. The lowest BCUT2D eigenvalue weighted by Crippen LogP contribution is -2.45. The molecule has 0 aliphatic rings. The van der Waals surface area contributed by atoms with E-state index in [0.717, 1.165) is 31.9 Å². The van der Waals surface area contributed by atoms with E-state index in [2.05, 4.69) is 76.9 Å². The highest BCUT2D eigenvalue weighted by Crippen LogP contribution is 2.30. The van der Waals surface area contributed by atoms with Gasteiger partial charge in [-0.3, -0.25) is 0 Å². The zero-order valence-electron chi connectivity index (χ0n) is 18.4. The average Bonchev–Trinajstić information content (AvgIpc) is 3.23. The lowest BCUT2D eigenvalue weighted by atomic mass is 9.76. The number of guanidine groups is 1. The molecule has 2 N–H and O–H groups in total. The Morgan fingerprint density at radius 3 is 2.48 bits per heavy atom. The first kappa shape index (κ1) is 22.9. The van der Waals surface area contributed by atoms with Gasteiger partial charge >= 0.3 is 0 Å². The zero-order valence-corrected chi connectivity index (χ0v) is 18.4. The van der Waals surface area contributed by atoms with Crippen molar-refractivity contribution in [1.82, 2.24) is 20.8 Å². The maximum absolute atomic E-state index is 5.50. The largest absolute Gasteiger partial charge is 0.371 e. The first-order valence-electron chi connectivity index (χ1n) is 10.6. The molecule has 1 unspecified atom stereocenters. The summed E-state index contributed by atoms with van der Waals surface area (Å²) >= 11 is 0. The highest BCUT2D eigenvalue weighted by molar-refractivity contribution is 5.79. The number of nitrogens with one attached hydrogen (secondary N) is 2.